The molecule has 1 aromatic heterocycles. The fourth-order valence-corrected chi connectivity index (χ4v) is 1.17. The molecule has 3 nitrogen and oxygen atoms in total. The zero-order valence-corrected chi connectivity index (χ0v) is 9.50. The molecule has 0 amide bonds. The van der Waals surface area contributed by atoms with Gasteiger partial charge < -0.3 is 9.84 Å². The van der Waals surface area contributed by atoms with Crippen molar-refractivity contribution >= 4 is 0 Å². The van der Waals surface area contributed by atoms with E-state index in [1.165, 1.54) is 0 Å². The van der Waals surface area contributed by atoms with Crippen LogP contribution in [-0.4, -0.2) is 11.7 Å². The lowest BCUT2D eigenvalue weighted by Crippen LogP contribution is -2.18. The molecule has 0 aliphatic heterocycles. The van der Waals surface area contributed by atoms with E-state index in [0.29, 0.717) is 11.8 Å². The van der Waals surface area contributed by atoms with Crippen LogP contribution >= 0.6 is 0 Å². The molecule has 0 saturated carbocycles. The van der Waals surface area contributed by atoms with E-state index in [9.17, 15) is 0 Å². The molecule has 0 spiro atoms. The standard InChI is InChI=1S/C11H20N2O/c1-8(2)6-12-7-10-5-11(9(3)4)13-14-10/h5,8-9,12H,6-7H2,1-4H3. The van der Waals surface area contributed by atoms with Crippen molar-refractivity contribution < 1.29 is 4.52 Å². The highest BCUT2D eigenvalue weighted by molar-refractivity contribution is 5.08. The predicted molar refractivity (Wildman–Crippen MR) is 57.1 cm³/mol. The molecule has 1 aromatic rings. The third kappa shape index (κ3) is 3.50. The smallest absolute Gasteiger partial charge is 0.150 e. The first-order valence-corrected chi connectivity index (χ1v) is 5.25. The average molecular weight is 196 g/mol. The first-order valence-electron chi connectivity index (χ1n) is 5.25. The van der Waals surface area contributed by atoms with E-state index in [-0.39, 0.29) is 0 Å². The van der Waals surface area contributed by atoms with Gasteiger partial charge in [-0.2, -0.15) is 0 Å². The van der Waals surface area contributed by atoms with Crippen LogP contribution in [0.4, 0.5) is 0 Å². The van der Waals surface area contributed by atoms with Crippen LogP contribution in [0.15, 0.2) is 10.6 Å². The summed E-state index contributed by atoms with van der Waals surface area (Å²) in [5.41, 5.74) is 1.03. The van der Waals surface area contributed by atoms with Crippen LogP contribution < -0.4 is 5.32 Å². The minimum Gasteiger partial charge on any atom is -0.360 e. The molecule has 0 aromatic carbocycles. The summed E-state index contributed by atoms with van der Waals surface area (Å²) in [7, 11) is 0. The maximum atomic E-state index is 5.20. The van der Waals surface area contributed by atoms with Gasteiger partial charge in [-0.05, 0) is 18.4 Å². The highest BCUT2D eigenvalue weighted by atomic mass is 16.5. The molecule has 0 bridgehead atoms. The van der Waals surface area contributed by atoms with Gasteiger partial charge in [-0.3, -0.25) is 0 Å². The number of hydrogen-bond donors (Lipinski definition) is 1. The van der Waals surface area contributed by atoms with Gasteiger partial charge in [0.15, 0.2) is 5.76 Å². The highest BCUT2D eigenvalue weighted by Crippen LogP contribution is 2.13. The maximum absolute atomic E-state index is 5.20. The quantitative estimate of drug-likeness (QED) is 0.786. The van der Waals surface area contributed by atoms with Crippen molar-refractivity contribution in [2.45, 2.75) is 40.2 Å². The van der Waals surface area contributed by atoms with Gasteiger partial charge in [-0.1, -0.05) is 32.9 Å². The monoisotopic (exact) mass is 196 g/mol. The molecular formula is C11H20N2O. The second-order valence-electron chi connectivity index (χ2n) is 4.40. The molecule has 0 aliphatic rings. The molecule has 0 aliphatic carbocycles. The van der Waals surface area contributed by atoms with Gasteiger partial charge in [0.1, 0.15) is 0 Å². The Hall–Kier alpha value is -0.830. The molecule has 0 atom stereocenters. The summed E-state index contributed by atoms with van der Waals surface area (Å²) in [4.78, 5) is 0. The van der Waals surface area contributed by atoms with E-state index < -0.39 is 0 Å². The topological polar surface area (TPSA) is 38.1 Å². The number of nitrogens with one attached hydrogen (secondary N) is 1. The summed E-state index contributed by atoms with van der Waals surface area (Å²) < 4.78 is 5.20. The molecule has 0 fully saturated rings. The maximum Gasteiger partial charge on any atom is 0.150 e. The third-order valence-electron chi connectivity index (χ3n) is 2.02. The van der Waals surface area contributed by atoms with Crippen molar-refractivity contribution in [2.75, 3.05) is 6.54 Å². The molecular weight excluding hydrogens is 176 g/mol. The second kappa shape index (κ2) is 5.15. The van der Waals surface area contributed by atoms with Gasteiger partial charge in [-0.15, -0.1) is 0 Å². The van der Waals surface area contributed by atoms with E-state index in [2.05, 4.69) is 38.2 Å². The first-order chi connectivity index (χ1) is 6.59. The Morgan fingerprint density at radius 3 is 2.57 bits per heavy atom. The lowest BCUT2D eigenvalue weighted by molar-refractivity contribution is 0.362. The third-order valence-corrected chi connectivity index (χ3v) is 2.02. The van der Waals surface area contributed by atoms with Crippen molar-refractivity contribution in [3.05, 3.63) is 17.5 Å². The second-order valence-corrected chi connectivity index (χ2v) is 4.40. The summed E-state index contributed by atoms with van der Waals surface area (Å²) in [6.07, 6.45) is 0. The van der Waals surface area contributed by atoms with Crippen LogP contribution in [-0.2, 0) is 6.54 Å². The molecule has 0 radical (unpaired) electrons. The van der Waals surface area contributed by atoms with Crippen LogP contribution in [0.2, 0.25) is 0 Å². The van der Waals surface area contributed by atoms with Gasteiger partial charge in [-0.25, -0.2) is 0 Å². The Bertz CT molecular complexity index is 266. The van der Waals surface area contributed by atoms with E-state index in [4.69, 9.17) is 4.52 Å². The van der Waals surface area contributed by atoms with E-state index in [1.54, 1.807) is 0 Å². The zero-order chi connectivity index (χ0) is 10.6. The minimum absolute atomic E-state index is 0.442. The number of hydrogen-bond acceptors (Lipinski definition) is 3. The Labute approximate surface area is 85.9 Å². The highest BCUT2D eigenvalue weighted by Gasteiger charge is 2.06. The van der Waals surface area contributed by atoms with Crippen LogP contribution in [0.5, 0.6) is 0 Å². The first kappa shape index (κ1) is 11.2. The molecule has 1 heterocycles. The fourth-order valence-electron chi connectivity index (χ4n) is 1.17. The summed E-state index contributed by atoms with van der Waals surface area (Å²) in [6, 6.07) is 2.03. The average Bonchev–Trinajstić information content (AvgIpc) is 2.52. The predicted octanol–water partition coefficient (Wildman–Crippen LogP) is 2.54. The normalized spacial score (nSPS) is 11.6. The summed E-state index contributed by atoms with van der Waals surface area (Å²) in [5.74, 6) is 2.04. The van der Waals surface area contributed by atoms with Gasteiger partial charge in [0.2, 0.25) is 0 Å². The van der Waals surface area contributed by atoms with Gasteiger partial charge >= 0.3 is 0 Å². The molecule has 80 valence electrons. The van der Waals surface area contributed by atoms with Gasteiger partial charge in [0.25, 0.3) is 0 Å². The fraction of sp³-hybridized carbons (Fsp3) is 0.727. The largest absolute Gasteiger partial charge is 0.360 e. The van der Waals surface area contributed by atoms with Gasteiger partial charge in [0, 0.05) is 6.07 Å². The molecule has 14 heavy (non-hydrogen) atoms. The zero-order valence-electron chi connectivity index (χ0n) is 9.50. The Kier molecular flexibility index (Phi) is 4.14. The summed E-state index contributed by atoms with van der Waals surface area (Å²) in [6.45, 7) is 10.4. The molecule has 0 saturated heterocycles. The van der Waals surface area contributed by atoms with Crippen LogP contribution in [0.1, 0.15) is 45.1 Å². The van der Waals surface area contributed by atoms with Gasteiger partial charge in [0.05, 0.1) is 12.2 Å². The molecule has 0 unspecified atom stereocenters. The minimum atomic E-state index is 0.442. The molecule has 1 rings (SSSR count). The number of rotatable bonds is 5. The van der Waals surface area contributed by atoms with Crippen molar-refractivity contribution in [2.24, 2.45) is 5.92 Å². The SMILES string of the molecule is CC(C)CNCc1cc(C(C)C)no1. The molecule has 1 N–H and O–H groups in total. The van der Waals surface area contributed by atoms with E-state index >= 15 is 0 Å². The van der Waals surface area contributed by atoms with Crippen molar-refractivity contribution in [1.82, 2.24) is 10.5 Å². The van der Waals surface area contributed by atoms with Crippen molar-refractivity contribution in [3.63, 3.8) is 0 Å². The Balaban J connectivity index is 2.36. The lowest BCUT2D eigenvalue weighted by atomic mass is 10.1. The summed E-state index contributed by atoms with van der Waals surface area (Å²) >= 11 is 0. The molecule has 3 heteroatoms. The van der Waals surface area contributed by atoms with E-state index in [0.717, 1.165) is 24.5 Å². The van der Waals surface area contributed by atoms with Crippen LogP contribution in [0.25, 0.3) is 0 Å². The Morgan fingerprint density at radius 2 is 2.07 bits per heavy atom. The Morgan fingerprint density at radius 1 is 1.36 bits per heavy atom. The van der Waals surface area contributed by atoms with Crippen LogP contribution in [0, 0.1) is 5.92 Å². The van der Waals surface area contributed by atoms with Crippen LogP contribution in [0.3, 0.4) is 0 Å². The van der Waals surface area contributed by atoms with Crippen molar-refractivity contribution in [1.29, 1.82) is 0 Å². The number of nitrogens with zero attached hydrogens (tertiary/aromatic N) is 1. The van der Waals surface area contributed by atoms with E-state index in [1.807, 2.05) is 6.07 Å². The number of aromatic nitrogens is 1. The summed E-state index contributed by atoms with van der Waals surface area (Å²) in [5, 5.41) is 7.32. The lowest BCUT2D eigenvalue weighted by Gasteiger charge is -2.03. The van der Waals surface area contributed by atoms with Crippen molar-refractivity contribution in [3.8, 4) is 0 Å².